The van der Waals surface area contributed by atoms with Gasteiger partial charge in [-0.2, -0.15) is 0 Å². The Labute approximate surface area is 149 Å². The maximum Gasteiger partial charge on any atom is 0.220 e. The van der Waals surface area contributed by atoms with E-state index in [4.69, 9.17) is 5.73 Å². The van der Waals surface area contributed by atoms with Crippen molar-refractivity contribution in [2.75, 3.05) is 6.54 Å². The molecule has 0 spiro atoms. The van der Waals surface area contributed by atoms with Crippen LogP contribution in [0.2, 0.25) is 0 Å². The summed E-state index contributed by atoms with van der Waals surface area (Å²) in [6.45, 7) is 2.75. The summed E-state index contributed by atoms with van der Waals surface area (Å²) in [6, 6.07) is 0.144. The van der Waals surface area contributed by atoms with Gasteiger partial charge >= 0.3 is 0 Å². The number of carbonyl (C=O) groups is 1. The first-order valence-electron chi connectivity index (χ1n) is 7.62. The number of halogens is 2. The van der Waals surface area contributed by atoms with E-state index >= 15 is 0 Å². The van der Waals surface area contributed by atoms with Gasteiger partial charge in [0.25, 0.3) is 0 Å². The fourth-order valence-corrected chi connectivity index (χ4v) is 3.29. The van der Waals surface area contributed by atoms with E-state index in [1.807, 2.05) is 6.92 Å². The fraction of sp³-hybridized carbons (Fsp3) is 0.733. The second-order valence-corrected chi connectivity index (χ2v) is 6.55. The number of aromatic nitrogens is 1. The molecule has 1 heterocycles. The third-order valence-electron chi connectivity index (χ3n) is 3.67. The quantitative estimate of drug-likeness (QED) is 0.652. The molecule has 128 valence electrons. The molecule has 3 N–H and O–H groups in total. The van der Waals surface area contributed by atoms with E-state index in [-0.39, 0.29) is 36.8 Å². The average Bonchev–Trinajstić information content (AvgIpc) is 3.18. The first kappa shape index (κ1) is 21.6. The standard InChI is InChI=1S/C15H25N3OS.2ClH/c1-11-10-20-15(17-11)14(12-7-8-12)18-13(19)6-4-2-3-5-9-16;;/h10,12,14H,2-9,16H2,1H3,(H,18,19);2*1H. The maximum atomic E-state index is 12.0. The largest absolute Gasteiger partial charge is 0.347 e. The highest BCUT2D eigenvalue weighted by atomic mass is 35.5. The number of nitrogens with zero attached hydrogens (tertiary/aromatic N) is 1. The van der Waals surface area contributed by atoms with Crippen LogP contribution in [0.5, 0.6) is 0 Å². The van der Waals surface area contributed by atoms with E-state index in [0.29, 0.717) is 12.3 Å². The maximum absolute atomic E-state index is 12.0. The fourth-order valence-electron chi connectivity index (χ4n) is 2.35. The third-order valence-corrected chi connectivity index (χ3v) is 4.72. The van der Waals surface area contributed by atoms with Gasteiger partial charge in [-0.05, 0) is 45.1 Å². The Morgan fingerprint density at radius 2 is 2.05 bits per heavy atom. The Bertz CT molecular complexity index is 438. The van der Waals surface area contributed by atoms with Crippen LogP contribution in [0.4, 0.5) is 0 Å². The smallest absolute Gasteiger partial charge is 0.220 e. The van der Waals surface area contributed by atoms with Crippen LogP contribution in [0.25, 0.3) is 0 Å². The molecule has 1 fully saturated rings. The highest BCUT2D eigenvalue weighted by Gasteiger charge is 2.35. The Hall–Kier alpha value is -0.360. The lowest BCUT2D eigenvalue weighted by Gasteiger charge is -2.15. The van der Waals surface area contributed by atoms with Gasteiger partial charge in [0.15, 0.2) is 0 Å². The topological polar surface area (TPSA) is 68.0 Å². The number of amides is 1. The summed E-state index contributed by atoms with van der Waals surface area (Å²) in [5, 5.41) is 6.31. The summed E-state index contributed by atoms with van der Waals surface area (Å²) in [5.41, 5.74) is 6.51. The average molecular weight is 368 g/mol. The lowest BCUT2D eigenvalue weighted by Crippen LogP contribution is -2.29. The van der Waals surface area contributed by atoms with Crippen molar-refractivity contribution >= 4 is 42.1 Å². The van der Waals surface area contributed by atoms with Gasteiger partial charge in [0.2, 0.25) is 5.91 Å². The van der Waals surface area contributed by atoms with Gasteiger partial charge < -0.3 is 11.1 Å². The predicted octanol–water partition coefficient (Wildman–Crippen LogP) is 3.77. The van der Waals surface area contributed by atoms with Crippen LogP contribution in [0, 0.1) is 12.8 Å². The van der Waals surface area contributed by atoms with Crippen LogP contribution in [-0.4, -0.2) is 17.4 Å². The van der Waals surface area contributed by atoms with Crippen molar-refractivity contribution in [3.8, 4) is 0 Å². The molecule has 1 unspecified atom stereocenters. The van der Waals surface area contributed by atoms with Gasteiger partial charge in [-0.1, -0.05) is 12.8 Å². The number of carbonyl (C=O) groups excluding carboxylic acids is 1. The molecule has 0 radical (unpaired) electrons. The Morgan fingerprint density at radius 3 is 2.59 bits per heavy atom. The Morgan fingerprint density at radius 1 is 1.36 bits per heavy atom. The molecule has 1 amide bonds. The number of hydrogen-bond donors (Lipinski definition) is 2. The summed E-state index contributed by atoms with van der Waals surface area (Å²) in [4.78, 5) is 16.6. The van der Waals surface area contributed by atoms with Crippen LogP contribution in [0.1, 0.15) is 61.7 Å². The molecule has 2 rings (SSSR count). The molecule has 0 saturated heterocycles. The van der Waals surface area contributed by atoms with Gasteiger partial charge in [0.1, 0.15) is 5.01 Å². The van der Waals surface area contributed by atoms with Gasteiger partial charge in [-0.3, -0.25) is 4.79 Å². The lowest BCUT2D eigenvalue weighted by atomic mass is 10.1. The summed E-state index contributed by atoms with van der Waals surface area (Å²) in [6.07, 6.45) is 7.28. The van der Waals surface area contributed by atoms with Crippen molar-refractivity contribution in [3.63, 3.8) is 0 Å². The van der Waals surface area contributed by atoms with Crippen LogP contribution < -0.4 is 11.1 Å². The van der Waals surface area contributed by atoms with Gasteiger partial charge in [-0.25, -0.2) is 4.98 Å². The summed E-state index contributed by atoms with van der Waals surface area (Å²) >= 11 is 1.66. The van der Waals surface area contributed by atoms with E-state index in [2.05, 4.69) is 15.7 Å². The molecule has 7 heteroatoms. The summed E-state index contributed by atoms with van der Waals surface area (Å²) < 4.78 is 0. The van der Waals surface area contributed by atoms with Crippen molar-refractivity contribution in [2.45, 2.75) is 57.9 Å². The summed E-state index contributed by atoms with van der Waals surface area (Å²) in [7, 11) is 0. The zero-order valence-electron chi connectivity index (χ0n) is 13.0. The van der Waals surface area contributed by atoms with Crippen molar-refractivity contribution in [2.24, 2.45) is 11.7 Å². The molecule has 1 atom stereocenters. The predicted molar refractivity (Wildman–Crippen MR) is 97.1 cm³/mol. The monoisotopic (exact) mass is 367 g/mol. The van der Waals surface area contributed by atoms with Crippen LogP contribution in [0.15, 0.2) is 5.38 Å². The molecule has 0 bridgehead atoms. The Balaban J connectivity index is 0.00000220. The Kier molecular flexibility index (Phi) is 11.0. The van der Waals surface area contributed by atoms with Crippen molar-refractivity contribution < 1.29 is 4.79 Å². The number of unbranched alkanes of at least 4 members (excludes halogenated alkanes) is 3. The molecular weight excluding hydrogens is 341 g/mol. The van der Waals surface area contributed by atoms with Crippen molar-refractivity contribution in [3.05, 3.63) is 16.1 Å². The molecule has 1 aromatic rings. The zero-order valence-corrected chi connectivity index (χ0v) is 15.5. The SMILES string of the molecule is Cc1csc(C(NC(=O)CCCCCCN)C2CC2)n1.Cl.Cl. The first-order chi connectivity index (χ1) is 9.70. The van der Waals surface area contributed by atoms with Crippen LogP contribution in [-0.2, 0) is 4.79 Å². The molecule has 1 aromatic heterocycles. The molecule has 1 saturated carbocycles. The van der Waals surface area contributed by atoms with Crippen molar-refractivity contribution in [1.82, 2.24) is 10.3 Å². The van der Waals surface area contributed by atoms with Crippen LogP contribution in [0.3, 0.4) is 0 Å². The van der Waals surface area contributed by atoms with Gasteiger partial charge in [-0.15, -0.1) is 36.2 Å². The number of nitrogens with one attached hydrogen (secondary N) is 1. The molecular formula is C15H27Cl2N3OS. The minimum atomic E-state index is 0. The zero-order chi connectivity index (χ0) is 14.4. The van der Waals surface area contributed by atoms with E-state index in [1.165, 1.54) is 12.8 Å². The van der Waals surface area contributed by atoms with Gasteiger partial charge in [0.05, 0.1) is 6.04 Å². The van der Waals surface area contributed by atoms with E-state index < -0.39 is 0 Å². The van der Waals surface area contributed by atoms with E-state index in [1.54, 1.807) is 11.3 Å². The molecule has 1 aliphatic rings. The van der Waals surface area contributed by atoms with Gasteiger partial charge in [0, 0.05) is 17.5 Å². The molecule has 4 nitrogen and oxygen atoms in total. The highest BCUT2D eigenvalue weighted by molar-refractivity contribution is 7.09. The summed E-state index contributed by atoms with van der Waals surface area (Å²) in [5.74, 6) is 0.768. The number of hydrogen-bond acceptors (Lipinski definition) is 4. The van der Waals surface area contributed by atoms with E-state index in [0.717, 1.165) is 42.9 Å². The minimum absolute atomic E-state index is 0. The molecule has 1 aliphatic carbocycles. The molecule has 0 aliphatic heterocycles. The number of nitrogens with two attached hydrogens (primary N) is 1. The second-order valence-electron chi connectivity index (χ2n) is 5.66. The number of rotatable bonds is 9. The van der Waals surface area contributed by atoms with Crippen molar-refractivity contribution in [1.29, 1.82) is 0 Å². The van der Waals surface area contributed by atoms with E-state index in [9.17, 15) is 4.79 Å². The highest BCUT2D eigenvalue weighted by Crippen LogP contribution is 2.41. The number of aryl methyl sites for hydroxylation is 1. The number of thiazole rings is 1. The normalized spacial score (nSPS) is 14.6. The molecule has 22 heavy (non-hydrogen) atoms. The lowest BCUT2D eigenvalue weighted by molar-refractivity contribution is -0.122. The third kappa shape index (κ3) is 7.27. The molecule has 0 aromatic carbocycles. The van der Waals surface area contributed by atoms with Crippen LogP contribution >= 0.6 is 36.2 Å². The first-order valence-corrected chi connectivity index (χ1v) is 8.50. The second kappa shape index (κ2) is 11.2. The minimum Gasteiger partial charge on any atom is -0.347 e.